The van der Waals surface area contributed by atoms with Gasteiger partial charge in [-0.1, -0.05) is 42.5 Å². The van der Waals surface area contributed by atoms with Crippen molar-refractivity contribution in [2.75, 3.05) is 0 Å². The Morgan fingerprint density at radius 1 is 0.800 bits per heavy atom. The molecule has 0 unspecified atom stereocenters. The van der Waals surface area contributed by atoms with Crippen molar-refractivity contribution in [2.24, 2.45) is 0 Å². The molecule has 0 saturated heterocycles. The Labute approximate surface area is 119 Å². The van der Waals surface area contributed by atoms with E-state index in [1.165, 1.54) is 22.2 Å². The average Bonchev–Trinajstić information content (AvgIpc) is 2.53. The first-order valence-corrected chi connectivity index (χ1v) is 7.03. The van der Waals surface area contributed by atoms with Crippen molar-refractivity contribution in [1.29, 1.82) is 0 Å². The summed E-state index contributed by atoms with van der Waals surface area (Å²) in [6.45, 7) is 3.15. The molecule has 0 aliphatic carbocycles. The van der Waals surface area contributed by atoms with Gasteiger partial charge in [0.15, 0.2) is 0 Å². The molecule has 1 nitrogen and oxygen atoms in total. The third-order valence-electron chi connectivity index (χ3n) is 3.54. The Hall–Kier alpha value is -2.41. The van der Waals surface area contributed by atoms with Gasteiger partial charge in [-0.3, -0.25) is 0 Å². The number of rotatable bonds is 3. The zero-order valence-electron chi connectivity index (χ0n) is 11.7. The molecule has 0 amide bonds. The van der Waals surface area contributed by atoms with Gasteiger partial charge in [0.05, 0.1) is 0 Å². The lowest BCUT2D eigenvalue weighted by atomic mass is 10.1. The van der Waals surface area contributed by atoms with Crippen LogP contribution in [0, 0.1) is 0 Å². The van der Waals surface area contributed by atoms with Crippen molar-refractivity contribution >= 4 is 23.1 Å². The van der Waals surface area contributed by atoms with Crippen LogP contribution in [0.5, 0.6) is 0 Å². The van der Waals surface area contributed by atoms with Gasteiger partial charge in [-0.15, -0.1) is 0 Å². The Kier molecular flexibility index (Phi) is 3.60. The first-order valence-electron chi connectivity index (χ1n) is 7.03. The second kappa shape index (κ2) is 5.70. The minimum absolute atomic E-state index is 0.968. The van der Waals surface area contributed by atoms with Crippen molar-refractivity contribution in [1.82, 2.24) is 0 Å². The normalized spacial score (nSPS) is 11.2. The molecule has 0 aliphatic rings. The first-order chi connectivity index (χ1) is 9.88. The minimum Gasteiger partial charge on any atom is -0.192 e. The number of para-hydroxylation sites is 1. The average molecular weight is 260 g/mol. The van der Waals surface area contributed by atoms with Crippen molar-refractivity contribution in [3.63, 3.8) is 0 Å². The van der Waals surface area contributed by atoms with Gasteiger partial charge >= 0.3 is 0 Å². The van der Waals surface area contributed by atoms with Crippen LogP contribution in [-0.2, 0) is 6.54 Å². The number of fused-ring (bicyclic) bond motifs is 1. The third-order valence-corrected chi connectivity index (χ3v) is 3.54. The molecule has 3 aromatic rings. The van der Waals surface area contributed by atoms with E-state index in [9.17, 15) is 0 Å². The van der Waals surface area contributed by atoms with Crippen LogP contribution >= 0.6 is 0 Å². The summed E-state index contributed by atoms with van der Waals surface area (Å²) in [7, 11) is 0. The molecule has 1 heteroatoms. The lowest BCUT2D eigenvalue weighted by molar-refractivity contribution is -0.669. The number of hydrogen-bond acceptors (Lipinski definition) is 0. The Morgan fingerprint density at radius 2 is 1.55 bits per heavy atom. The summed E-state index contributed by atoms with van der Waals surface area (Å²) in [5, 5.41) is 1.28. The van der Waals surface area contributed by atoms with Crippen molar-refractivity contribution in [2.45, 2.75) is 13.5 Å². The van der Waals surface area contributed by atoms with Gasteiger partial charge in [0.1, 0.15) is 6.54 Å². The smallest absolute Gasteiger partial charge is 0.192 e. The molecule has 1 aromatic heterocycles. The number of nitrogens with zero attached hydrogens (tertiary/aromatic N) is 1. The van der Waals surface area contributed by atoms with Gasteiger partial charge in [-0.25, -0.2) is 0 Å². The second-order valence-electron chi connectivity index (χ2n) is 4.81. The number of aryl methyl sites for hydroxylation is 1. The van der Waals surface area contributed by atoms with Crippen LogP contribution in [-0.4, -0.2) is 0 Å². The molecule has 0 radical (unpaired) electrons. The summed E-state index contributed by atoms with van der Waals surface area (Å²) in [6.07, 6.45) is 4.35. The molecule has 3 rings (SSSR count). The fourth-order valence-corrected chi connectivity index (χ4v) is 2.52. The Balaban J connectivity index is 2.05. The van der Waals surface area contributed by atoms with Crippen molar-refractivity contribution in [3.8, 4) is 0 Å². The van der Waals surface area contributed by atoms with Crippen LogP contribution in [0.15, 0.2) is 66.7 Å². The van der Waals surface area contributed by atoms with E-state index < -0.39 is 0 Å². The van der Waals surface area contributed by atoms with Gasteiger partial charge in [0.25, 0.3) is 0 Å². The quantitative estimate of drug-likeness (QED) is 0.618. The molecule has 0 spiro atoms. The number of pyridine rings is 1. The van der Waals surface area contributed by atoms with Crippen LogP contribution < -0.4 is 4.57 Å². The molecule has 0 fully saturated rings. The Morgan fingerprint density at radius 3 is 2.35 bits per heavy atom. The molecule has 98 valence electrons. The second-order valence-corrected chi connectivity index (χ2v) is 4.81. The van der Waals surface area contributed by atoms with E-state index >= 15 is 0 Å². The van der Waals surface area contributed by atoms with Crippen LogP contribution in [0.2, 0.25) is 0 Å². The highest BCUT2D eigenvalue weighted by molar-refractivity contribution is 5.77. The van der Waals surface area contributed by atoms with E-state index in [-0.39, 0.29) is 0 Å². The maximum absolute atomic E-state index is 2.34. The van der Waals surface area contributed by atoms with E-state index in [2.05, 4.69) is 84.3 Å². The third kappa shape index (κ3) is 2.48. The maximum atomic E-state index is 2.34. The molecule has 0 bridgehead atoms. The van der Waals surface area contributed by atoms with Crippen molar-refractivity contribution in [3.05, 3.63) is 78.0 Å². The first kappa shape index (κ1) is 12.6. The highest BCUT2D eigenvalue weighted by atomic mass is 15.0. The summed E-state index contributed by atoms with van der Waals surface area (Å²) in [5.74, 6) is 0. The predicted octanol–water partition coefficient (Wildman–Crippen LogP) is 4.32. The molecule has 20 heavy (non-hydrogen) atoms. The molecule has 0 saturated carbocycles. The topological polar surface area (TPSA) is 3.88 Å². The summed E-state index contributed by atoms with van der Waals surface area (Å²) in [6, 6.07) is 23.3. The summed E-state index contributed by atoms with van der Waals surface area (Å²) >= 11 is 0. The molecular formula is C19H18N+. The van der Waals surface area contributed by atoms with E-state index in [0.717, 1.165) is 6.54 Å². The molecule has 0 N–H and O–H groups in total. The molecule has 0 aliphatic heterocycles. The minimum atomic E-state index is 0.968. The number of benzene rings is 2. The number of hydrogen-bond donors (Lipinski definition) is 0. The lowest BCUT2D eigenvalue weighted by Crippen LogP contribution is -2.36. The predicted molar refractivity (Wildman–Crippen MR) is 85.2 cm³/mol. The monoisotopic (exact) mass is 260 g/mol. The lowest BCUT2D eigenvalue weighted by Gasteiger charge is -2.02. The van der Waals surface area contributed by atoms with Gasteiger partial charge in [-0.05, 0) is 30.7 Å². The van der Waals surface area contributed by atoms with Crippen molar-refractivity contribution < 1.29 is 4.57 Å². The van der Waals surface area contributed by atoms with E-state index in [1.807, 2.05) is 6.07 Å². The zero-order valence-corrected chi connectivity index (χ0v) is 11.7. The summed E-state index contributed by atoms with van der Waals surface area (Å²) < 4.78 is 2.34. The van der Waals surface area contributed by atoms with Crippen LogP contribution in [0.4, 0.5) is 0 Å². The van der Waals surface area contributed by atoms with Gasteiger partial charge in [0.2, 0.25) is 11.2 Å². The SMILES string of the molecule is CC[n+]1c(C=Cc2ccccc2)ccc2ccccc21. The standard InChI is InChI=1S/C19H18N/c1-2-20-18(14-12-16-8-4-3-5-9-16)15-13-17-10-6-7-11-19(17)20/h3-15H,2H2,1H3/q+1. The highest BCUT2D eigenvalue weighted by Gasteiger charge is 2.10. The number of aromatic nitrogens is 1. The maximum Gasteiger partial charge on any atom is 0.212 e. The fourth-order valence-electron chi connectivity index (χ4n) is 2.52. The van der Waals surface area contributed by atoms with Gasteiger partial charge < -0.3 is 0 Å². The summed E-state index contributed by atoms with van der Waals surface area (Å²) in [4.78, 5) is 0. The molecule has 1 heterocycles. The van der Waals surface area contributed by atoms with Crippen LogP contribution in [0.25, 0.3) is 23.1 Å². The fraction of sp³-hybridized carbons (Fsp3) is 0.105. The zero-order chi connectivity index (χ0) is 13.8. The molecule has 2 aromatic carbocycles. The van der Waals surface area contributed by atoms with Crippen LogP contribution in [0.1, 0.15) is 18.2 Å². The largest absolute Gasteiger partial charge is 0.212 e. The van der Waals surface area contributed by atoms with Gasteiger partial charge in [-0.2, -0.15) is 4.57 Å². The van der Waals surface area contributed by atoms with E-state index in [4.69, 9.17) is 0 Å². The highest BCUT2D eigenvalue weighted by Crippen LogP contribution is 2.12. The van der Waals surface area contributed by atoms with E-state index in [0.29, 0.717) is 0 Å². The summed E-state index contributed by atoms with van der Waals surface area (Å²) in [5.41, 5.74) is 3.74. The molecule has 0 atom stereocenters. The van der Waals surface area contributed by atoms with Gasteiger partial charge in [0, 0.05) is 23.6 Å². The Bertz CT molecular complexity index is 742. The van der Waals surface area contributed by atoms with Crippen LogP contribution in [0.3, 0.4) is 0 Å². The van der Waals surface area contributed by atoms with E-state index in [1.54, 1.807) is 0 Å². The molecular weight excluding hydrogens is 242 g/mol.